The van der Waals surface area contributed by atoms with E-state index in [9.17, 15) is 8.42 Å². The maximum atomic E-state index is 11.3. The maximum absolute atomic E-state index is 11.3. The first-order valence-electron chi connectivity index (χ1n) is 7.15. The van der Waals surface area contributed by atoms with Gasteiger partial charge in [-0.1, -0.05) is 51.5 Å². The number of imidazole rings is 1. The molecular formula is C16H11BrN4O2S2. The predicted molar refractivity (Wildman–Crippen MR) is 101 cm³/mol. The van der Waals surface area contributed by atoms with E-state index >= 15 is 0 Å². The number of nitrogens with two attached hydrogens (primary N) is 1. The first-order chi connectivity index (χ1) is 11.9. The summed E-state index contributed by atoms with van der Waals surface area (Å²) in [7, 11) is -3.69. The molecule has 4 aromatic rings. The second-order valence-corrected chi connectivity index (χ2v) is 8.77. The normalized spacial score (nSPS) is 11.9. The van der Waals surface area contributed by atoms with Crippen LogP contribution in [0.3, 0.4) is 0 Å². The Hall–Kier alpha value is -2.07. The van der Waals surface area contributed by atoms with Gasteiger partial charge in [0.1, 0.15) is 5.01 Å². The molecule has 0 radical (unpaired) electrons. The van der Waals surface area contributed by atoms with Crippen molar-refractivity contribution in [3.8, 4) is 21.8 Å². The average Bonchev–Trinajstić information content (AvgIpc) is 3.14. The van der Waals surface area contributed by atoms with Crippen molar-refractivity contribution in [2.75, 3.05) is 0 Å². The molecule has 6 nitrogen and oxygen atoms in total. The highest BCUT2D eigenvalue weighted by molar-refractivity contribution is 9.10. The molecule has 0 amide bonds. The van der Waals surface area contributed by atoms with Crippen molar-refractivity contribution in [1.82, 2.24) is 14.6 Å². The van der Waals surface area contributed by atoms with Gasteiger partial charge >= 0.3 is 0 Å². The van der Waals surface area contributed by atoms with Gasteiger partial charge in [-0.2, -0.15) is 5.10 Å². The van der Waals surface area contributed by atoms with Crippen molar-refractivity contribution in [3.63, 3.8) is 0 Å². The van der Waals surface area contributed by atoms with Gasteiger partial charge in [-0.15, -0.1) is 0 Å². The Morgan fingerprint density at radius 2 is 1.64 bits per heavy atom. The third-order valence-corrected chi connectivity index (χ3v) is 6.04. The van der Waals surface area contributed by atoms with E-state index in [1.54, 1.807) is 16.6 Å². The van der Waals surface area contributed by atoms with Crippen LogP contribution in [0.2, 0.25) is 0 Å². The lowest BCUT2D eigenvalue weighted by atomic mass is 10.2. The number of fused-ring (bicyclic) bond motifs is 1. The SMILES string of the molecule is NS(=O)(=O)c1ccc(-c2nn3cc(-c4ccc(Br)cc4)nc3s2)cc1. The van der Waals surface area contributed by atoms with Crippen LogP contribution in [0.1, 0.15) is 0 Å². The molecule has 4 rings (SSSR count). The fourth-order valence-corrected chi connectivity index (χ4v) is 4.03. The highest BCUT2D eigenvalue weighted by atomic mass is 79.9. The number of aromatic nitrogens is 3. The maximum Gasteiger partial charge on any atom is 0.238 e. The van der Waals surface area contributed by atoms with Crippen molar-refractivity contribution in [2.45, 2.75) is 4.90 Å². The Kier molecular flexibility index (Phi) is 3.95. The number of hydrogen-bond donors (Lipinski definition) is 1. The molecule has 0 atom stereocenters. The molecule has 25 heavy (non-hydrogen) atoms. The van der Waals surface area contributed by atoms with Gasteiger partial charge in [-0.25, -0.2) is 23.1 Å². The lowest BCUT2D eigenvalue weighted by Crippen LogP contribution is -2.11. The summed E-state index contributed by atoms with van der Waals surface area (Å²) in [4.78, 5) is 5.45. The Labute approximate surface area is 156 Å². The Balaban J connectivity index is 1.68. The standard InChI is InChI=1S/C16H11BrN4O2S2/c17-12-5-1-10(2-6-12)14-9-21-16(19-14)24-15(20-21)11-3-7-13(8-4-11)25(18,22)23/h1-9H,(H2,18,22,23). The van der Waals surface area contributed by atoms with Crippen LogP contribution in [0.25, 0.3) is 26.8 Å². The topological polar surface area (TPSA) is 90.4 Å². The summed E-state index contributed by atoms with van der Waals surface area (Å²) in [5, 5.41) is 10.4. The van der Waals surface area contributed by atoms with Crippen LogP contribution in [-0.2, 0) is 10.0 Å². The monoisotopic (exact) mass is 434 g/mol. The molecule has 9 heteroatoms. The van der Waals surface area contributed by atoms with Gasteiger partial charge in [0.25, 0.3) is 0 Å². The number of hydrogen-bond acceptors (Lipinski definition) is 5. The predicted octanol–water partition coefficient (Wildman–Crippen LogP) is 3.53. The van der Waals surface area contributed by atoms with E-state index in [0.29, 0.717) is 0 Å². The molecule has 0 fully saturated rings. The van der Waals surface area contributed by atoms with E-state index in [1.165, 1.54) is 23.5 Å². The zero-order chi connectivity index (χ0) is 17.6. The minimum absolute atomic E-state index is 0.0788. The molecule has 2 heterocycles. The number of halogens is 1. The van der Waals surface area contributed by atoms with Crippen LogP contribution >= 0.6 is 27.3 Å². The van der Waals surface area contributed by atoms with E-state index in [2.05, 4.69) is 26.0 Å². The summed E-state index contributed by atoms with van der Waals surface area (Å²) in [6.45, 7) is 0. The van der Waals surface area contributed by atoms with E-state index in [4.69, 9.17) is 5.14 Å². The number of nitrogens with zero attached hydrogens (tertiary/aromatic N) is 3. The molecule has 2 aromatic heterocycles. The molecule has 0 aliphatic rings. The third kappa shape index (κ3) is 3.23. The van der Waals surface area contributed by atoms with Gasteiger partial charge in [0, 0.05) is 15.6 Å². The van der Waals surface area contributed by atoms with Gasteiger partial charge in [0.05, 0.1) is 16.8 Å². The van der Waals surface area contributed by atoms with Crippen molar-refractivity contribution < 1.29 is 8.42 Å². The molecule has 126 valence electrons. The molecule has 0 bridgehead atoms. The second kappa shape index (κ2) is 6.03. The molecule has 0 saturated carbocycles. The Morgan fingerprint density at radius 1 is 1.00 bits per heavy atom. The van der Waals surface area contributed by atoms with Gasteiger partial charge in [0.15, 0.2) is 0 Å². The van der Waals surface area contributed by atoms with Gasteiger partial charge in [0.2, 0.25) is 15.0 Å². The number of primary sulfonamides is 1. The fourth-order valence-electron chi connectivity index (χ4n) is 2.36. The van der Waals surface area contributed by atoms with Gasteiger partial charge in [-0.3, -0.25) is 0 Å². The van der Waals surface area contributed by atoms with Crippen LogP contribution in [0.5, 0.6) is 0 Å². The van der Waals surface area contributed by atoms with Crippen LogP contribution in [0.15, 0.2) is 64.1 Å². The van der Waals surface area contributed by atoms with Crippen LogP contribution < -0.4 is 5.14 Å². The highest BCUT2D eigenvalue weighted by Crippen LogP contribution is 2.29. The van der Waals surface area contributed by atoms with Crippen molar-refractivity contribution in [1.29, 1.82) is 0 Å². The molecule has 0 spiro atoms. The van der Waals surface area contributed by atoms with Crippen molar-refractivity contribution in [3.05, 3.63) is 59.2 Å². The Bertz CT molecular complexity index is 1130. The van der Waals surface area contributed by atoms with E-state index < -0.39 is 10.0 Å². The van der Waals surface area contributed by atoms with E-state index in [0.717, 1.165) is 31.3 Å². The third-order valence-electron chi connectivity index (χ3n) is 3.61. The largest absolute Gasteiger partial charge is 0.238 e. The first-order valence-corrected chi connectivity index (χ1v) is 10.3. The van der Waals surface area contributed by atoms with Gasteiger partial charge in [-0.05, 0) is 24.3 Å². The van der Waals surface area contributed by atoms with Crippen LogP contribution in [-0.4, -0.2) is 23.0 Å². The number of benzene rings is 2. The van der Waals surface area contributed by atoms with Crippen LogP contribution in [0, 0.1) is 0 Å². The second-order valence-electron chi connectivity index (χ2n) is 5.34. The summed E-state index contributed by atoms with van der Waals surface area (Å²) in [6.07, 6.45) is 1.87. The van der Waals surface area contributed by atoms with Crippen molar-refractivity contribution in [2.24, 2.45) is 5.14 Å². The first kappa shape index (κ1) is 16.4. The number of sulfonamides is 1. The highest BCUT2D eigenvalue weighted by Gasteiger charge is 2.13. The summed E-state index contributed by atoms with van der Waals surface area (Å²) < 4.78 is 25.4. The summed E-state index contributed by atoms with van der Waals surface area (Å²) >= 11 is 4.85. The minimum Gasteiger partial charge on any atom is -0.225 e. The lowest BCUT2D eigenvalue weighted by molar-refractivity contribution is 0.598. The van der Waals surface area contributed by atoms with Crippen LogP contribution in [0.4, 0.5) is 0 Å². The van der Waals surface area contributed by atoms with Gasteiger partial charge < -0.3 is 0 Å². The summed E-state index contributed by atoms with van der Waals surface area (Å²) in [5.74, 6) is 0. The smallest absolute Gasteiger partial charge is 0.225 e. The molecular weight excluding hydrogens is 424 g/mol. The van der Waals surface area contributed by atoms with E-state index in [1.807, 2.05) is 30.5 Å². The molecule has 0 saturated heterocycles. The quantitative estimate of drug-likeness (QED) is 0.533. The fraction of sp³-hybridized carbons (Fsp3) is 0. The Morgan fingerprint density at radius 3 is 2.24 bits per heavy atom. The lowest BCUT2D eigenvalue weighted by Gasteiger charge is -1.99. The molecule has 0 aliphatic carbocycles. The summed E-state index contributed by atoms with van der Waals surface area (Å²) in [5.41, 5.74) is 2.68. The molecule has 2 aromatic carbocycles. The number of rotatable bonds is 3. The zero-order valence-corrected chi connectivity index (χ0v) is 15.8. The van der Waals surface area contributed by atoms with E-state index in [-0.39, 0.29) is 4.90 Å². The minimum atomic E-state index is -3.69. The van der Waals surface area contributed by atoms with Crippen molar-refractivity contribution >= 4 is 42.3 Å². The zero-order valence-electron chi connectivity index (χ0n) is 12.6. The average molecular weight is 435 g/mol. The molecule has 0 aliphatic heterocycles. The summed E-state index contributed by atoms with van der Waals surface area (Å²) in [6, 6.07) is 14.2. The molecule has 2 N–H and O–H groups in total. The molecule has 0 unspecified atom stereocenters.